The molecule has 0 aromatic heterocycles. The van der Waals surface area contributed by atoms with Crippen LogP contribution in [0.3, 0.4) is 0 Å². The molecule has 3 heteroatoms. The molecule has 3 nitrogen and oxygen atoms in total. The van der Waals surface area contributed by atoms with E-state index in [1.165, 1.54) is 6.42 Å². The van der Waals surface area contributed by atoms with Gasteiger partial charge >= 0.3 is 0 Å². The second-order valence-corrected chi connectivity index (χ2v) is 4.83. The van der Waals surface area contributed by atoms with E-state index in [1.54, 1.807) is 0 Å². The molecule has 3 unspecified atom stereocenters. The van der Waals surface area contributed by atoms with E-state index in [-0.39, 0.29) is 5.92 Å². The number of carbonyl (C=O) groups is 1. The lowest BCUT2D eigenvalue weighted by atomic mass is 9.92. The Hall–Kier alpha value is -0.570. The Morgan fingerprint density at radius 2 is 2.20 bits per heavy atom. The molecule has 0 spiro atoms. The summed E-state index contributed by atoms with van der Waals surface area (Å²) in [5.41, 5.74) is 5.68. The molecule has 1 fully saturated rings. The van der Waals surface area contributed by atoms with E-state index in [4.69, 9.17) is 5.73 Å². The third-order valence-electron chi connectivity index (χ3n) is 3.63. The van der Waals surface area contributed by atoms with Crippen molar-refractivity contribution in [1.29, 1.82) is 0 Å². The molecule has 88 valence electrons. The Balaban J connectivity index is 2.61. The molecule has 0 aromatic rings. The lowest BCUT2D eigenvalue weighted by Crippen LogP contribution is -2.48. The summed E-state index contributed by atoms with van der Waals surface area (Å²) in [4.78, 5) is 14.1. The zero-order chi connectivity index (χ0) is 11.4. The summed E-state index contributed by atoms with van der Waals surface area (Å²) in [6.45, 7) is 7.80. The minimum atomic E-state index is 0.156. The normalized spacial score (nSPS) is 28.9. The van der Waals surface area contributed by atoms with Crippen LogP contribution in [0.5, 0.6) is 0 Å². The van der Waals surface area contributed by atoms with E-state index in [0.717, 1.165) is 19.4 Å². The zero-order valence-electron chi connectivity index (χ0n) is 10.2. The van der Waals surface area contributed by atoms with Crippen molar-refractivity contribution >= 4 is 5.91 Å². The van der Waals surface area contributed by atoms with Crippen LogP contribution in [-0.4, -0.2) is 29.9 Å². The highest BCUT2D eigenvalue weighted by Crippen LogP contribution is 2.23. The van der Waals surface area contributed by atoms with Crippen molar-refractivity contribution in [3.05, 3.63) is 0 Å². The van der Waals surface area contributed by atoms with Gasteiger partial charge in [0, 0.05) is 18.5 Å². The molecular formula is C12H24N2O. The van der Waals surface area contributed by atoms with Crippen LogP contribution in [0.4, 0.5) is 0 Å². The van der Waals surface area contributed by atoms with Crippen LogP contribution < -0.4 is 5.73 Å². The smallest absolute Gasteiger partial charge is 0.225 e. The second-order valence-electron chi connectivity index (χ2n) is 4.83. The van der Waals surface area contributed by atoms with Crippen LogP contribution in [0.15, 0.2) is 0 Å². The Morgan fingerprint density at radius 1 is 1.53 bits per heavy atom. The van der Waals surface area contributed by atoms with Gasteiger partial charge in [0.05, 0.1) is 0 Å². The maximum atomic E-state index is 12.1. The van der Waals surface area contributed by atoms with E-state index in [2.05, 4.69) is 13.8 Å². The van der Waals surface area contributed by atoms with Gasteiger partial charge in [0.25, 0.3) is 0 Å². The summed E-state index contributed by atoms with van der Waals surface area (Å²) in [6, 6.07) is 0.397. The van der Waals surface area contributed by atoms with Crippen molar-refractivity contribution in [2.45, 2.75) is 46.1 Å². The summed E-state index contributed by atoms with van der Waals surface area (Å²) in [5.74, 6) is 0.973. The van der Waals surface area contributed by atoms with Crippen molar-refractivity contribution in [2.24, 2.45) is 17.6 Å². The van der Waals surface area contributed by atoms with E-state index in [9.17, 15) is 4.79 Å². The van der Waals surface area contributed by atoms with Gasteiger partial charge in [-0.2, -0.15) is 0 Å². The van der Waals surface area contributed by atoms with Crippen molar-refractivity contribution in [2.75, 3.05) is 13.1 Å². The maximum absolute atomic E-state index is 12.1. The highest BCUT2D eigenvalue weighted by atomic mass is 16.2. The second kappa shape index (κ2) is 5.50. The summed E-state index contributed by atoms with van der Waals surface area (Å²) in [6.07, 6.45) is 3.20. The molecule has 1 saturated heterocycles. The molecule has 3 atom stereocenters. The highest BCUT2D eigenvalue weighted by Gasteiger charge is 2.29. The average molecular weight is 212 g/mol. The third kappa shape index (κ3) is 2.94. The summed E-state index contributed by atoms with van der Waals surface area (Å²) in [5, 5.41) is 0. The first kappa shape index (κ1) is 12.5. The number of hydrogen-bond donors (Lipinski definition) is 1. The number of amides is 1. The summed E-state index contributed by atoms with van der Waals surface area (Å²) < 4.78 is 0. The van der Waals surface area contributed by atoms with Crippen molar-refractivity contribution in [3.63, 3.8) is 0 Å². The largest absolute Gasteiger partial charge is 0.339 e. The van der Waals surface area contributed by atoms with Gasteiger partial charge in [-0.1, -0.05) is 13.8 Å². The first-order valence-corrected chi connectivity index (χ1v) is 6.10. The van der Waals surface area contributed by atoms with E-state index in [0.29, 0.717) is 24.4 Å². The Morgan fingerprint density at radius 3 is 2.73 bits per heavy atom. The molecule has 0 aromatic carbocycles. The average Bonchev–Trinajstić information content (AvgIpc) is 2.27. The molecule has 0 radical (unpaired) electrons. The fourth-order valence-corrected chi connectivity index (χ4v) is 2.14. The molecule has 0 aliphatic carbocycles. The fraction of sp³-hybridized carbons (Fsp3) is 0.917. The number of piperidine rings is 1. The molecule has 15 heavy (non-hydrogen) atoms. The topological polar surface area (TPSA) is 46.3 Å². The Bertz CT molecular complexity index is 218. The van der Waals surface area contributed by atoms with Crippen molar-refractivity contribution in [3.8, 4) is 0 Å². The number of rotatable bonds is 3. The number of nitrogens with two attached hydrogens (primary N) is 1. The summed E-state index contributed by atoms with van der Waals surface area (Å²) >= 11 is 0. The van der Waals surface area contributed by atoms with Crippen LogP contribution in [0, 0.1) is 11.8 Å². The van der Waals surface area contributed by atoms with Gasteiger partial charge in [0.1, 0.15) is 0 Å². The van der Waals surface area contributed by atoms with Crippen LogP contribution >= 0.6 is 0 Å². The number of carbonyl (C=O) groups excluding carboxylic acids is 1. The third-order valence-corrected chi connectivity index (χ3v) is 3.63. The van der Waals surface area contributed by atoms with Crippen LogP contribution in [0.25, 0.3) is 0 Å². The van der Waals surface area contributed by atoms with Crippen molar-refractivity contribution in [1.82, 2.24) is 4.90 Å². The van der Waals surface area contributed by atoms with Gasteiger partial charge < -0.3 is 10.6 Å². The van der Waals surface area contributed by atoms with E-state index >= 15 is 0 Å². The molecule has 2 N–H and O–H groups in total. The number of likely N-dealkylation sites (tertiary alicyclic amines) is 1. The quantitative estimate of drug-likeness (QED) is 0.772. The van der Waals surface area contributed by atoms with Gasteiger partial charge in [-0.3, -0.25) is 4.79 Å². The lowest BCUT2D eigenvalue weighted by molar-refractivity contribution is -0.139. The van der Waals surface area contributed by atoms with E-state index in [1.807, 2.05) is 11.8 Å². The summed E-state index contributed by atoms with van der Waals surface area (Å²) in [7, 11) is 0. The molecule has 1 rings (SSSR count). The molecular weight excluding hydrogens is 188 g/mol. The molecule has 0 saturated carbocycles. The number of nitrogens with zero attached hydrogens (tertiary/aromatic N) is 1. The van der Waals surface area contributed by atoms with Crippen LogP contribution in [0.1, 0.15) is 40.0 Å². The Labute approximate surface area is 93.0 Å². The molecule has 0 bridgehead atoms. The predicted octanol–water partition coefficient (Wildman–Crippen LogP) is 1.62. The molecule has 1 aliphatic heterocycles. The van der Waals surface area contributed by atoms with Gasteiger partial charge in [-0.25, -0.2) is 0 Å². The predicted molar refractivity (Wildman–Crippen MR) is 62.4 cm³/mol. The minimum absolute atomic E-state index is 0.156. The van der Waals surface area contributed by atoms with Gasteiger partial charge in [0.2, 0.25) is 5.91 Å². The van der Waals surface area contributed by atoms with Gasteiger partial charge in [0.15, 0.2) is 0 Å². The minimum Gasteiger partial charge on any atom is -0.339 e. The molecule has 1 heterocycles. The SMILES string of the molecule is CCC(C)C(=O)N1CC(CN)CCC1C. The molecule has 1 aliphatic rings. The highest BCUT2D eigenvalue weighted by molar-refractivity contribution is 5.78. The van der Waals surface area contributed by atoms with Crippen LogP contribution in [0.2, 0.25) is 0 Å². The standard InChI is InChI=1S/C12H24N2O/c1-4-9(2)12(15)14-8-11(7-13)6-5-10(14)3/h9-11H,4-8,13H2,1-3H3. The fourth-order valence-electron chi connectivity index (χ4n) is 2.14. The van der Waals surface area contributed by atoms with Crippen LogP contribution in [-0.2, 0) is 4.79 Å². The maximum Gasteiger partial charge on any atom is 0.225 e. The van der Waals surface area contributed by atoms with Crippen molar-refractivity contribution < 1.29 is 4.79 Å². The zero-order valence-corrected chi connectivity index (χ0v) is 10.2. The van der Waals surface area contributed by atoms with E-state index < -0.39 is 0 Å². The van der Waals surface area contributed by atoms with Gasteiger partial charge in [-0.15, -0.1) is 0 Å². The molecule has 1 amide bonds. The lowest BCUT2D eigenvalue weighted by Gasteiger charge is -2.39. The first-order chi connectivity index (χ1) is 7.10. The Kier molecular flexibility index (Phi) is 4.58. The van der Waals surface area contributed by atoms with Gasteiger partial charge in [-0.05, 0) is 38.6 Å². The monoisotopic (exact) mass is 212 g/mol. The first-order valence-electron chi connectivity index (χ1n) is 6.10. The number of hydrogen-bond acceptors (Lipinski definition) is 2.